The van der Waals surface area contributed by atoms with E-state index < -0.39 is 0 Å². The van der Waals surface area contributed by atoms with Gasteiger partial charge in [0.2, 0.25) is 11.8 Å². The molecule has 1 heterocycles. The van der Waals surface area contributed by atoms with Gasteiger partial charge >= 0.3 is 0 Å². The zero-order valence-electron chi connectivity index (χ0n) is 15.9. The summed E-state index contributed by atoms with van der Waals surface area (Å²) in [6, 6.07) is 7.53. The monoisotopic (exact) mass is 507 g/mol. The van der Waals surface area contributed by atoms with E-state index in [1.54, 1.807) is 26.0 Å². The molecule has 0 saturated carbocycles. The third kappa shape index (κ3) is 7.17. The second-order valence-corrected chi connectivity index (χ2v) is 6.81. The maximum Gasteiger partial charge on any atom is 0.242 e. The Morgan fingerprint density at radius 1 is 1.26 bits per heavy atom. The Morgan fingerprint density at radius 3 is 2.48 bits per heavy atom. The predicted octanol–water partition coefficient (Wildman–Crippen LogP) is 1.66. The number of halogens is 2. The zero-order chi connectivity index (χ0) is 19.1. The van der Waals surface area contributed by atoms with Crippen molar-refractivity contribution in [2.75, 3.05) is 47.3 Å². The molecule has 27 heavy (non-hydrogen) atoms. The van der Waals surface area contributed by atoms with Crippen molar-refractivity contribution in [1.29, 1.82) is 0 Å². The highest BCUT2D eigenvalue weighted by molar-refractivity contribution is 14.0. The fraction of sp³-hybridized carbons (Fsp3) is 0.500. The van der Waals surface area contributed by atoms with Gasteiger partial charge in [-0.1, -0.05) is 23.7 Å². The molecule has 0 bridgehead atoms. The summed E-state index contributed by atoms with van der Waals surface area (Å²) in [5.74, 6) is 0.756. The number of hydrogen-bond acceptors (Lipinski definition) is 3. The van der Waals surface area contributed by atoms with Crippen LogP contribution in [-0.4, -0.2) is 79.8 Å². The Labute approximate surface area is 182 Å². The average molecular weight is 508 g/mol. The van der Waals surface area contributed by atoms with Gasteiger partial charge in [0.15, 0.2) is 5.96 Å². The van der Waals surface area contributed by atoms with Crippen LogP contribution in [0.4, 0.5) is 0 Å². The second-order valence-electron chi connectivity index (χ2n) is 6.38. The molecule has 0 spiro atoms. The first-order valence-electron chi connectivity index (χ1n) is 8.58. The molecular formula is C18H27ClIN5O2. The summed E-state index contributed by atoms with van der Waals surface area (Å²) in [5.41, 5.74) is 1.06. The average Bonchev–Trinajstić information content (AvgIpc) is 2.62. The number of guanidine groups is 1. The number of aliphatic imine (C=N–C) groups is 1. The fourth-order valence-corrected chi connectivity index (χ4v) is 2.83. The van der Waals surface area contributed by atoms with Crippen LogP contribution in [0.1, 0.15) is 12.0 Å². The van der Waals surface area contributed by atoms with Crippen LogP contribution in [0.5, 0.6) is 0 Å². The summed E-state index contributed by atoms with van der Waals surface area (Å²) in [4.78, 5) is 33.7. The molecule has 0 radical (unpaired) electrons. The summed E-state index contributed by atoms with van der Waals surface area (Å²) in [5, 5.41) is 3.85. The number of piperazine rings is 1. The molecule has 1 aromatic carbocycles. The third-order valence-electron chi connectivity index (χ3n) is 4.24. The van der Waals surface area contributed by atoms with E-state index in [1.165, 1.54) is 0 Å². The summed E-state index contributed by atoms with van der Waals surface area (Å²) in [7, 11) is 5.14. The number of benzene rings is 1. The van der Waals surface area contributed by atoms with Crippen molar-refractivity contribution in [3.63, 3.8) is 0 Å². The van der Waals surface area contributed by atoms with Crippen LogP contribution in [0.15, 0.2) is 29.3 Å². The highest BCUT2D eigenvalue weighted by Gasteiger charge is 2.25. The number of rotatable bonds is 5. The van der Waals surface area contributed by atoms with Crippen molar-refractivity contribution in [3.05, 3.63) is 34.9 Å². The minimum atomic E-state index is 0. The van der Waals surface area contributed by atoms with Gasteiger partial charge in [0.1, 0.15) is 0 Å². The number of nitrogens with zero attached hydrogens (tertiary/aromatic N) is 4. The maximum absolute atomic E-state index is 12.5. The third-order valence-corrected chi connectivity index (χ3v) is 4.49. The van der Waals surface area contributed by atoms with Crippen molar-refractivity contribution in [3.8, 4) is 0 Å². The van der Waals surface area contributed by atoms with Crippen LogP contribution < -0.4 is 5.32 Å². The van der Waals surface area contributed by atoms with Crippen LogP contribution >= 0.6 is 35.6 Å². The van der Waals surface area contributed by atoms with E-state index in [2.05, 4.69) is 10.3 Å². The molecule has 1 saturated heterocycles. The molecule has 9 heteroatoms. The van der Waals surface area contributed by atoms with Crippen LogP contribution in [0.3, 0.4) is 0 Å². The fourth-order valence-electron chi connectivity index (χ4n) is 2.70. The van der Waals surface area contributed by atoms with Crippen molar-refractivity contribution in [2.45, 2.75) is 13.0 Å². The van der Waals surface area contributed by atoms with Crippen molar-refractivity contribution in [1.82, 2.24) is 20.0 Å². The first-order chi connectivity index (χ1) is 12.4. The maximum atomic E-state index is 12.5. The van der Waals surface area contributed by atoms with E-state index in [0.717, 1.165) is 5.56 Å². The van der Waals surface area contributed by atoms with Gasteiger partial charge in [-0.3, -0.25) is 14.6 Å². The van der Waals surface area contributed by atoms with Crippen LogP contribution in [0.2, 0.25) is 5.02 Å². The van der Waals surface area contributed by atoms with Crippen LogP contribution in [-0.2, 0) is 16.1 Å². The lowest BCUT2D eigenvalue weighted by Gasteiger charge is -2.36. The standard InChI is InChI=1S/C18H26ClN5O2.HI/c1-20-18(21-9-8-16(25)22(2)3)24-11-10-23(17(26)13-24)12-14-4-6-15(19)7-5-14;/h4-7H,8-13H2,1-3H3,(H,20,21);1H. The molecular weight excluding hydrogens is 481 g/mol. The quantitative estimate of drug-likeness (QED) is 0.374. The molecule has 1 aromatic rings. The van der Waals surface area contributed by atoms with Crippen LogP contribution in [0, 0.1) is 0 Å². The normalized spacial score (nSPS) is 14.7. The Balaban J connectivity index is 0.00000364. The van der Waals surface area contributed by atoms with Gasteiger partial charge in [-0.15, -0.1) is 24.0 Å². The highest BCUT2D eigenvalue weighted by atomic mass is 127. The molecule has 150 valence electrons. The molecule has 0 atom stereocenters. The SMILES string of the molecule is CN=C(NCCC(=O)N(C)C)N1CCN(Cc2ccc(Cl)cc2)C(=O)C1.I. The van der Waals surface area contributed by atoms with E-state index in [4.69, 9.17) is 11.6 Å². The Kier molecular flexibility index (Phi) is 9.86. The van der Waals surface area contributed by atoms with Gasteiger partial charge < -0.3 is 20.0 Å². The lowest BCUT2D eigenvalue weighted by Crippen LogP contribution is -2.55. The van der Waals surface area contributed by atoms with Crippen molar-refractivity contribution in [2.24, 2.45) is 4.99 Å². The lowest BCUT2D eigenvalue weighted by molar-refractivity contribution is -0.135. The molecule has 7 nitrogen and oxygen atoms in total. The van der Waals surface area contributed by atoms with Gasteiger partial charge in [0.25, 0.3) is 0 Å². The van der Waals surface area contributed by atoms with E-state index in [9.17, 15) is 9.59 Å². The Bertz CT molecular complexity index is 666. The summed E-state index contributed by atoms with van der Waals surface area (Å²) < 4.78 is 0. The minimum Gasteiger partial charge on any atom is -0.356 e. The topological polar surface area (TPSA) is 68.2 Å². The molecule has 1 aliphatic rings. The van der Waals surface area contributed by atoms with E-state index in [0.29, 0.717) is 43.6 Å². The van der Waals surface area contributed by atoms with E-state index in [-0.39, 0.29) is 42.3 Å². The first-order valence-corrected chi connectivity index (χ1v) is 8.96. The molecule has 0 aliphatic carbocycles. The molecule has 1 N–H and O–H groups in total. The van der Waals surface area contributed by atoms with Gasteiger partial charge in [0.05, 0.1) is 6.54 Å². The smallest absolute Gasteiger partial charge is 0.242 e. The summed E-state index contributed by atoms with van der Waals surface area (Å²) >= 11 is 5.90. The predicted molar refractivity (Wildman–Crippen MR) is 119 cm³/mol. The zero-order valence-corrected chi connectivity index (χ0v) is 19.0. The first kappa shape index (κ1) is 23.5. The van der Waals surface area contributed by atoms with E-state index >= 15 is 0 Å². The largest absolute Gasteiger partial charge is 0.356 e. The van der Waals surface area contributed by atoms with Crippen molar-refractivity contribution >= 4 is 53.4 Å². The second kappa shape index (κ2) is 11.3. The van der Waals surface area contributed by atoms with Gasteiger partial charge in [-0.2, -0.15) is 0 Å². The van der Waals surface area contributed by atoms with Gasteiger partial charge in [-0.25, -0.2) is 0 Å². The molecule has 0 unspecified atom stereocenters. The van der Waals surface area contributed by atoms with Gasteiger partial charge in [0, 0.05) is 58.8 Å². The summed E-state index contributed by atoms with van der Waals surface area (Å²) in [6.07, 6.45) is 0.385. The Hall–Kier alpha value is -1.55. The lowest BCUT2D eigenvalue weighted by atomic mass is 10.2. The number of carbonyl (C=O) groups excluding carboxylic acids is 2. The van der Waals surface area contributed by atoms with Crippen LogP contribution in [0.25, 0.3) is 0 Å². The van der Waals surface area contributed by atoms with E-state index in [1.807, 2.05) is 34.1 Å². The number of amides is 2. The molecule has 2 rings (SSSR count). The van der Waals surface area contributed by atoms with Gasteiger partial charge in [-0.05, 0) is 17.7 Å². The van der Waals surface area contributed by atoms with Crippen molar-refractivity contribution < 1.29 is 9.59 Å². The number of nitrogens with one attached hydrogen (secondary N) is 1. The molecule has 0 aromatic heterocycles. The Morgan fingerprint density at radius 2 is 1.93 bits per heavy atom. The number of carbonyl (C=O) groups is 2. The number of hydrogen-bond donors (Lipinski definition) is 1. The highest BCUT2D eigenvalue weighted by Crippen LogP contribution is 2.13. The molecule has 1 fully saturated rings. The summed E-state index contributed by atoms with van der Waals surface area (Å²) in [6.45, 7) is 2.66. The molecule has 1 aliphatic heterocycles. The molecule has 2 amide bonds. The minimum absolute atomic E-state index is 0.